The van der Waals surface area contributed by atoms with Gasteiger partial charge in [0.15, 0.2) is 12.3 Å². The van der Waals surface area contributed by atoms with E-state index in [9.17, 15) is 9.59 Å². The molecule has 0 aliphatic heterocycles. The van der Waals surface area contributed by atoms with Crippen LogP contribution in [0.25, 0.3) is 0 Å². The zero-order chi connectivity index (χ0) is 12.8. The SMILES string of the molecule is O=C(COC(=O)c1cnccn1)NC1CCCC1. The second kappa shape index (κ2) is 6.09. The first-order chi connectivity index (χ1) is 8.75. The third kappa shape index (κ3) is 3.51. The zero-order valence-corrected chi connectivity index (χ0v) is 9.96. The van der Waals surface area contributed by atoms with Crippen LogP contribution in [0.2, 0.25) is 0 Å². The van der Waals surface area contributed by atoms with Crippen LogP contribution in [0.5, 0.6) is 0 Å². The lowest BCUT2D eigenvalue weighted by Crippen LogP contribution is -2.36. The minimum absolute atomic E-state index is 0.103. The summed E-state index contributed by atoms with van der Waals surface area (Å²) >= 11 is 0. The molecule has 6 heteroatoms. The Morgan fingerprint density at radius 2 is 2.11 bits per heavy atom. The van der Waals surface area contributed by atoms with Gasteiger partial charge in [-0.05, 0) is 12.8 Å². The number of carbonyl (C=O) groups excluding carboxylic acids is 2. The molecule has 1 aliphatic rings. The highest BCUT2D eigenvalue weighted by atomic mass is 16.5. The number of hydrogen-bond acceptors (Lipinski definition) is 5. The molecule has 0 unspecified atom stereocenters. The Labute approximate surface area is 105 Å². The molecule has 0 aromatic carbocycles. The predicted octanol–water partition coefficient (Wildman–Crippen LogP) is 0.692. The highest BCUT2D eigenvalue weighted by Gasteiger charge is 2.18. The van der Waals surface area contributed by atoms with Gasteiger partial charge >= 0.3 is 5.97 Å². The molecule has 1 aliphatic carbocycles. The van der Waals surface area contributed by atoms with Crippen LogP contribution in [0.1, 0.15) is 36.2 Å². The summed E-state index contributed by atoms with van der Waals surface area (Å²) in [6.07, 6.45) is 8.46. The number of aromatic nitrogens is 2. The topological polar surface area (TPSA) is 81.2 Å². The Bertz CT molecular complexity index is 416. The first kappa shape index (κ1) is 12.5. The van der Waals surface area contributed by atoms with Gasteiger partial charge in [0, 0.05) is 18.4 Å². The number of esters is 1. The first-order valence-corrected chi connectivity index (χ1v) is 5.98. The van der Waals surface area contributed by atoms with Gasteiger partial charge in [0.05, 0.1) is 6.20 Å². The number of amides is 1. The Balaban J connectivity index is 1.74. The average molecular weight is 249 g/mol. The van der Waals surface area contributed by atoms with Crippen molar-refractivity contribution in [1.82, 2.24) is 15.3 Å². The molecule has 1 heterocycles. The molecule has 1 N–H and O–H groups in total. The lowest BCUT2D eigenvalue weighted by Gasteiger charge is -2.11. The molecule has 0 saturated heterocycles. The first-order valence-electron chi connectivity index (χ1n) is 5.98. The van der Waals surface area contributed by atoms with Crippen LogP contribution in [0, 0.1) is 0 Å². The van der Waals surface area contributed by atoms with Crippen molar-refractivity contribution < 1.29 is 14.3 Å². The van der Waals surface area contributed by atoms with Gasteiger partial charge in [0.2, 0.25) is 0 Å². The second-order valence-corrected chi connectivity index (χ2v) is 4.22. The lowest BCUT2D eigenvalue weighted by atomic mass is 10.2. The molecular formula is C12H15N3O3. The maximum Gasteiger partial charge on any atom is 0.359 e. The summed E-state index contributed by atoms with van der Waals surface area (Å²) in [7, 11) is 0. The molecule has 18 heavy (non-hydrogen) atoms. The molecule has 2 rings (SSSR count). The number of rotatable bonds is 4. The molecule has 1 saturated carbocycles. The van der Waals surface area contributed by atoms with Gasteiger partial charge in [0.25, 0.3) is 5.91 Å². The minimum Gasteiger partial charge on any atom is -0.451 e. The van der Waals surface area contributed by atoms with Crippen molar-refractivity contribution in [3.63, 3.8) is 0 Å². The summed E-state index contributed by atoms with van der Waals surface area (Å²) in [6, 6.07) is 0.229. The van der Waals surface area contributed by atoms with Crippen LogP contribution >= 0.6 is 0 Å². The van der Waals surface area contributed by atoms with E-state index in [1.807, 2.05) is 0 Å². The standard InChI is InChI=1S/C12H15N3O3/c16-11(15-9-3-1-2-4-9)8-18-12(17)10-7-13-5-6-14-10/h5-7,9H,1-4,8H2,(H,15,16). The summed E-state index contributed by atoms with van der Waals surface area (Å²) in [5.41, 5.74) is 0.103. The Kier molecular flexibility index (Phi) is 4.22. The fraction of sp³-hybridized carbons (Fsp3) is 0.500. The molecule has 0 bridgehead atoms. The van der Waals surface area contributed by atoms with Crippen molar-refractivity contribution in [1.29, 1.82) is 0 Å². The third-order valence-electron chi connectivity index (χ3n) is 2.83. The van der Waals surface area contributed by atoms with Crippen LogP contribution in [-0.4, -0.2) is 34.5 Å². The van der Waals surface area contributed by atoms with Crippen LogP contribution in [0.15, 0.2) is 18.6 Å². The number of nitrogens with one attached hydrogen (secondary N) is 1. The lowest BCUT2D eigenvalue weighted by molar-refractivity contribution is -0.124. The molecule has 1 aromatic heterocycles. The summed E-state index contributed by atoms with van der Waals surface area (Å²) in [5.74, 6) is -0.899. The highest BCUT2D eigenvalue weighted by molar-refractivity contribution is 5.89. The van der Waals surface area contributed by atoms with E-state index in [2.05, 4.69) is 15.3 Å². The van der Waals surface area contributed by atoms with Crippen molar-refractivity contribution in [3.05, 3.63) is 24.3 Å². The van der Waals surface area contributed by atoms with Gasteiger partial charge < -0.3 is 10.1 Å². The number of carbonyl (C=O) groups is 2. The van der Waals surface area contributed by atoms with Crippen molar-refractivity contribution >= 4 is 11.9 Å². The van der Waals surface area contributed by atoms with Crippen molar-refractivity contribution in [2.45, 2.75) is 31.7 Å². The summed E-state index contributed by atoms with van der Waals surface area (Å²) < 4.78 is 4.85. The fourth-order valence-corrected chi connectivity index (χ4v) is 1.95. The van der Waals surface area contributed by atoms with Gasteiger partial charge in [-0.15, -0.1) is 0 Å². The molecule has 0 atom stereocenters. The smallest absolute Gasteiger partial charge is 0.359 e. The summed E-state index contributed by atoms with van der Waals surface area (Å²) in [6.45, 7) is -0.272. The largest absolute Gasteiger partial charge is 0.451 e. The maximum atomic E-state index is 11.5. The molecule has 1 aromatic rings. The van der Waals surface area contributed by atoms with Gasteiger partial charge in [-0.2, -0.15) is 0 Å². The Morgan fingerprint density at radius 1 is 1.33 bits per heavy atom. The Morgan fingerprint density at radius 3 is 2.78 bits per heavy atom. The molecule has 96 valence electrons. The van der Waals surface area contributed by atoms with Crippen molar-refractivity contribution in [2.24, 2.45) is 0 Å². The van der Waals surface area contributed by atoms with E-state index in [1.165, 1.54) is 18.6 Å². The summed E-state index contributed by atoms with van der Waals surface area (Å²) in [4.78, 5) is 30.5. The summed E-state index contributed by atoms with van der Waals surface area (Å²) in [5, 5.41) is 2.83. The van der Waals surface area contributed by atoms with Crippen LogP contribution in [-0.2, 0) is 9.53 Å². The zero-order valence-electron chi connectivity index (χ0n) is 9.96. The third-order valence-corrected chi connectivity index (χ3v) is 2.83. The number of nitrogens with zero attached hydrogens (tertiary/aromatic N) is 2. The van der Waals surface area contributed by atoms with Gasteiger partial charge in [-0.25, -0.2) is 9.78 Å². The van der Waals surface area contributed by atoms with Crippen molar-refractivity contribution in [2.75, 3.05) is 6.61 Å². The molecule has 1 fully saturated rings. The maximum absolute atomic E-state index is 11.5. The normalized spacial score (nSPS) is 15.3. The van der Waals surface area contributed by atoms with E-state index < -0.39 is 5.97 Å². The fourth-order valence-electron chi connectivity index (χ4n) is 1.95. The van der Waals surface area contributed by atoms with E-state index >= 15 is 0 Å². The average Bonchev–Trinajstić information content (AvgIpc) is 2.90. The van der Waals surface area contributed by atoms with Crippen LogP contribution in [0.3, 0.4) is 0 Å². The second-order valence-electron chi connectivity index (χ2n) is 4.22. The van der Waals surface area contributed by atoms with E-state index in [1.54, 1.807) is 0 Å². The number of hydrogen-bond donors (Lipinski definition) is 1. The molecule has 0 spiro atoms. The van der Waals surface area contributed by atoms with Gasteiger partial charge in [-0.3, -0.25) is 9.78 Å². The van der Waals surface area contributed by atoms with E-state index in [0.29, 0.717) is 0 Å². The highest BCUT2D eigenvalue weighted by Crippen LogP contribution is 2.17. The molecular weight excluding hydrogens is 234 g/mol. The predicted molar refractivity (Wildman–Crippen MR) is 62.7 cm³/mol. The van der Waals surface area contributed by atoms with E-state index in [4.69, 9.17) is 4.74 Å². The van der Waals surface area contributed by atoms with Crippen LogP contribution < -0.4 is 5.32 Å². The quantitative estimate of drug-likeness (QED) is 0.794. The molecule has 0 radical (unpaired) electrons. The van der Waals surface area contributed by atoms with Crippen molar-refractivity contribution in [3.8, 4) is 0 Å². The molecule has 1 amide bonds. The number of ether oxygens (including phenoxy) is 1. The minimum atomic E-state index is -0.635. The van der Waals surface area contributed by atoms with E-state index in [-0.39, 0.29) is 24.2 Å². The van der Waals surface area contributed by atoms with Crippen LogP contribution in [0.4, 0.5) is 0 Å². The molecule has 6 nitrogen and oxygen atoms in total. The Hall–Kier alpha value is -1.98. The van der Waals surface area contributed by atoms with E-state index in [0.717, 1.165) is 25.7 Å². The monoisotopic (exact) mass is 249 g/mol. The van der Waals surface area contributed by atoms with Gasteiger partial charge in [-0.1, -0.05) is 12.8 Å². The van der Waals surface area contributed by atoms with Gasteiger partial charge in [0.1, 0.15) is 0 Å².